The number of amides is 1. The molecule has 116 valence electrons. The lowest BCUT2D eigenvalue weighted by Crippen LogP contribution is -2.39. The molecule has 7 heteroatoms. The summed E-state index contributed by atoms with van der Waals surface area (Å²) in [5, 5.41) is 11.1. The summed E-state index contributed by atoms with van der Waals surface area (Å²) in [7, 11) is 0. The summed E-state index contributed by atoms with van der Waals surface area (Å²) in [4.78, 5) is 14.6. The topological polar surface area (TPSA) is 73.1 Å². The highest BCUT2D eigenvalue weighted by molar-refractivity contribution is 5.95. The minimum Gasteiger partial charge on any atom is -0.380 e. The first-order valence-corrected chi connectivity index (χ1v) is 7.39. The predicted molar refractivity (Wildman–Crippen MR) is 79.8 cm³/mol. The molecule has 1 aliphatic heterocycles. The highest BCUT2D eigenvalue weighted by atomic mass is 16.5. The molecule has 0 N–H and O–H groups in total. The van der Waals surface area contributed by atoms with E-state index in [2.05, 4.69) is 22.4 Å². The lowest BCUT2D eigenvalue weighted by atomic mass is 10.1. The van der Waals surface area contributed by atoms with Gasteiger partial charge in [-0.15, -0.1) is 5.10 Å². The number of rotatable bonds is 2. The van der Waals surface area contributed by atoms with Gasteiger partial charge >= 0.3 is 0 Å². The smallest absolute Gasteiger partial charge is 0.254 e. The van der Waals surface area contributed by atoms with E-state index in [-0.39, 0.29) is 11.9 Å². The molecule has 1 fully saturated rings. The van der Waals surface area contributed by atoms with E-state index in [1.165, 1.54) is 6.33 Å². The van der Waals surface area contributed by atoms with Crippen LogP contribution in [0, 0.1) is 6.92 Å². The Morgan fingerprint density at radius 2 is 2.23 bits per heavy atom. The third kappa shape index (κ3) is 2.85. The van der Waals surface area contributed by atoms with Crippen molar-refractivity contribution in [2.45, 2.75) is 26.3 Å². The van der Waals surface area contributed by atoms with Crippen molar-refractivity contribution in [1.82, 2.24) is 25.1 Å². The summed E-state index contributed by atoms with van der Waals surface area (Å²) in [5.41, 5.74) is 2.51. The second-order valence-corrected chi connectivity index (χ2v) is 5.50. The van der Waals surface area contributed by atoms with Gasteiger partial charge in [-0.1, -0.05) is 0 Å². The van der Waals surface area contributed by atoms with Crippen molar-refractivity contribution in [3.63, 3.8) is 0 Å². The number of benzene rings is 1. The second-order valence-electron chi connectivity index (χ2n) is 5.50. The monoisotopic (exact) mass is 301 g/mol. The molecule has 0 spiro atoms. The molecule has 1 aliphatic rings. The molecule has 3 rings (SSSR count). The van der Waals surface area contributed by atoms with Crippen molar-refractivity contribution in [3.05, 3.63) is 35.7 Å². The first kappa shape index (κ1) is 14.6. The summed E-state index contributed by atoms with van der Waals surface area (Å²) in [5.74, 6) is 0.0457. The molecule has 0 saturated carbocycles. The summed E-state index contributed by atoms with van der Waals surface area (Å²) in [6.45, 7) is 5.95. The minimum absolute atomic E-state index is 0.0457. The van der Waals surface area contributed by atoms with Crippen molar-refractivity contribution < 1.29 is 9.53 Å². The van der Waals surface area contributed by atoms with Gasteiger partial charge in [-0.05, 0) is 54.5 Å². The van der Waals surface area contributed by atoms with Gasteiger partial charge in [0.1, 0.15) is 6.33 Å². The largest absolute Gasteiger partial charge is 0.380 e. The average molecular weight is 301 g/mol. The lowest BCUT2D eigenvalue weighted by Gasteiger charge is -2.26. The van der Waals surface area contributed by atoms with E-state index in [9.17, 15) is 4.79 Å². The van der Waals surface area contributed by atoms with E-state index in [0.29, 0.717) is 25.3 Å². The van der Waals surface area contributed by atoms with Crippen LogP contribution < -0.4 is 0 Å². The van der Waals surface area contributed by atoms with E-state index >= 15 is 0 Å². The maximum atomic E-state index is 12.7. The highest BCUT2D eigenvalue weighted by Gasteiger charge is 2.23. The first-order chi connectivity index (χ1) is 10.7. The Balaban J connectivity index is 1.85. The van der Waals surface area contributed by atoms with Crippen LogP contribution in [0.2, 0.25) is 0 Å². The number of carbonyl (C=O) groups is 1. The number of tetrazole rings is 1. The van der Waals surface area contributed by atoms with Crippen LogP contribution in [-0.2, 0) is 4.74 Å². The van der Waals surface area contributed by atoms with Crippen LogP contribution in [0.3, 0.4) is 0 Å². The second kappa shape index (κ2) is 6.23. The molecule has 1 saturated heterocycles. The fraction of sp³-hybridized carbons (Fsp3) is 0.467. The third-order valence-corrected chi connectivity index (χ3v) is 3.99. The van der Waals surface area contributed by atoms with Crippen molar-refractivity contribution in [1.29, 1.82) is 0 Å². The third-order valence-electron chi connectivity index (χ3n) is 3.99. The van der Waals surface area contributed by atoms with E-state index in [4.69, 9.17) is 4.74 Å². The van der Waals surface area contributed by atoms with Gasteiger partial charge in [0, 0.05) is 24.8 Å². The van der Waals surface area contributed by atoms with Crippen LogP contribution in [0.4, 0.5) is 0 Å². The molecule has 2 heterocycles. The lowest BCUT2D eigenvalue weighted by molar-refractivity contribution is 0.0687. The number of hydrogen-bond acceptors (Lipinski definition) is 5. The molecule has 1 unspecified atom stereocenters. The Labute approximate surface area is 128 Å². The highest BCUT2D eigenvalue weighted by Crippen LogP contribution is 2.18. The molecule has 1 aromatic heterocycles. The van der Waals surface area contributed by atoms with Gasteiger partial charge in [-0.25, -0.2) is 4.68 Å². The number of nitrogens with zero attached hydrogens (tertiary/aromatic N) is 5. The minimum atomic E-state index is 0.0457. The SMILES string of the molecule is Cc1cc(C(=O)N2CCOCCC2C)ccc1-n1cnnn1. The zero-order chi connectivity index (χ0) is 15.5. The Bertz CT molecular complexity index is 656. The molecule has 1 aromatic carbocycles. The summed E-state index contributed by atoms with van der Waals surface area (Å²) in [6, 6.07) is 5.77. The molecule has 2 aromatic rings. The average Bonchev–Trinajstić information content (AvgIpc) is 2.95. The molecule has 0 aliphatic carbocycles. The normalized spacial score (nSPS) is 19.0. The van der Waals surface area contributed by atoms with Crippen LogP contribution in [0.1, 0.15) is 29.3 Å². The van der Waals surface area contributed by atoms with E-state index in [1.54, 1.807) is 4.68 Å². The fourth-order valence-corrected chi connectivity index (χ4v) is 2.68. The Morgan fingerprint density at radius 1 is 1.36 bits per heavy atom. The molecule has 22 heavy (non-hydrogen) atoms. The zero-order valence-corrected chi connectivity index (χ0v) is 12.8. The molecular formula is C15H19N5O2. The number of aryl methyl sites for hydroxylation is 1. The van der Waals surface area contributed by atoms with Crippen LogP contribution in [-0.4, -0.2) is 56.8 Å². The number of carbonyl (C=O) groups excluding carboxylic acids is 1. The number of hydrogen-bond donors (Lipinski definition) is 0. The van der Waals surface area contributed by atoms with Gasteiger partial charge in [0.15, 0.2) is 0 Å². The van der Waals surface area contributed by atoms with E-state index in [1.807, 2.05) is 30.0 Å². The maximum Gasteiger partial charge on any atom is 0.254 e. The summed E-state index contributed by atoms with van der Waals surface area (Å²) in [6.07, 6.45) is 2.41. The zero-order valence-electron chi connectivity index (χ0n) is 12.8. The molecule has 1 atom stereocenters. The van der Waals surface area contributed by atoms with Gasteiger partial charge in [0.25, 0.3) is 5.91 Å². The van der Waals surface area contributed by atoms with Crippen molar-refractivity contribution in [2.75, 3.05) is 19.8 Å². The van der Waals surface area contributed by atoms with Crippen LogP contribution in [0.5, 0.6) is 0 Å². The van der Waals surface area contributed by atoms with Crippen molar-refractivity contribution in [3.8, 4) is 5.69 Å². The van der Waals surface area contributed by atoms with Gasteiger partial charge in [-0.3, -0.25) is 4.79 Å². The van der Waals surface area contributed by atoms with Crippen LogP contribution in [0.25, 0.3) is 5.69 Å². The molecular weight excluding hydrogens is 282 g/mol. The van der Waals surface area contributed by atoms with Crippen molar-refractivity contribution >= 4 is 5.91 Å². The van der Waals surface area contributed by atoms with Crippen LogP contribution >= 0.6 is 0 Å². The van der Waals surface area contributed by atoms with Crippen LogP contribution in [0.15, 0.2) is 24.5 Å². The van der Waals surface area contributed by atoms with Crippen molar-refractivity contribution in [2.24, 2.45) is 0 Å². The summed E-state index contributed by atoms with van der Waals surface area (Å²) >= 11 is 0. The standard InChI is InChI=1S/C15H19N5O2/c1-11-9-13(3-4-14(11)20-10-16-17-18-20)15(21)19-6-8-22-7-5-12(19)2/h3-4,9-10,12H,5-8H2,1-2H3. The maximum absolute atomic E-state index is 12.7. The molecule has 1 amide bonds. The molecule has 0 bridgehead atoms. The molecule has 0 radical (unpaired) electrons. The Kier molecular flexibility index (Phi) is 4.15. The predicted octanol–water partition coefficient (Wildman–Crippen LogP) is 1.22. The Morgan fingerprint density at radius 3 is 2.95 bits per heavy atom. The molecule has 7 nitrogen and oxygen atoms in total. The fourth-order valence-electron chi connectivity index (χ4n) is 2.68. The van der Waals surface area contributed by atoms with Gasteiger partial charge < -0.3 is 9.64 Å². The quantitative estimate of drug-likeness (QED) is 0.834. The Hall–Kier alpha value is -2.28. The van der Waals surface area contributed by atoms with E-state index in [0.717, 1.165) is 17.7 Å². The van der Waals surface area contributed by atoms with Gasteiger partial charge in [-0.2, -0.15) is 0 Å². The van der Waals surface area contributed by atoms with Gasteiger partial charge in [0.2, 0.25) is 0 Å². The van der Waals surface area contributed by atoms with E-state index < -0.39 is 0 Å². The first-order valence-electron chi connectivity index (χ1n) is 7.39. The number of ether oxygens (including phenoxy) is 1. The number of aromatic nitrogens is 4. The van der Waals surface area contributed by atoms with Gasteiger partial charge in [0.05, 0.1) is 12.3 Å². The summed E-state index contributed by atoms with van der Waals surface area (Å²) < 4.78 is 7.04.